The number of fused-ring (bicyclic) bond motifs is 1. The number of aliphatic imine (C=N–C) groups is 1. The summed E-state index contributed by atoms with van der Waals surface area (Å²) in [6.07, 6.45) is 2.09. The molecule has 14 nitrogen and oxygen atoms in total. The smallest absolute Gasteiger partial charge is 0.255 e. The predicted molar refractivity (Wildman–Crippen MR) is 149 cm³/mol. The molecule has 1 aromatic heterocycles. The summed E-state index contributed by atoms with van der Waals surface area (Å²) in [6, 6.07) is 13.5. The normalized spacial score (nSPS) is 13.7. The number of carbonyl (C=O) groups excluding carboxylic acids is 3. The van der Waals surface area contributed by atoms with Crippen molar-refractivity contribution >= 4 is 34.6 Å². The number of aromatic amines is 1. The van der Waals surface area contributed by atoms with Crippen molar-refractivity contribution in [2.75, 3.05) is 6.54 Å². The molecule has 3 atom stereocenters. The van der Waals surface area contributed by atoms with E-state index in [0.29, 0.717) is 0 Å². The van der Waals surface area contributed by atoms with Gasteiger partial charge in [-0.3, -0.25) is 35.3 Å². The van der Waals surface area contributed by atoms with Crippen LogP contribution in [0.5, 0.6) is 0 Å². The number of carbonyl (C=O) groups is 3. The zero-order chi connectivity index (χ0) is 29.1. The molecule has 0 saturated carbocycles. The molecule has 3 amide bonds. The van der Waals surface area contributed by atoms with Crippen LogP contribution in [-0.2, 0) is 27.2 Å². The van der Waals surface area contributed by atoms with E-state index in [-0.39, 0.29) is 31.6 Å². The molecule has 14 heteroatoms. The maximum Gasteiger partial charge on any atom is 0.255 e. The number of benzene rings is 2. The van der Waals surface area contributed by atoms with Crippen LogP contribution in [0.2, 0.25) is 0 Å². The minimum Gasteiger partial charge on any atom is -0.369 e. The number of nitrogens with one attached hydrogen (secondary N) is 4. The zero-order valence-corrected chi connectivity index (χ0v) is 21.7. The molecule has 3 rings (SSSR count). The van der Waals surface area contributed by atoms with Crippen LogP contribution in [0.1, 0.15) is 24.0 Å². The maximum atomic E-state index is 13.1. The van der Waals surface area contributed by atoms with Gasteiger partial charge in [0.1, 0.15) is 12.1 Å². The Morgan fingerprint density at radius 2 is 1.68 bits per heavy atom. The van der Waals surface area contributed by atoms with Gasteiger partial charge in [-0.05, 0) is 30.0 Å². The van der Waals surface area contributed by atoms with Gasteiger partial charge in [0.15, 0.2) is 0 Å². The van der Waals surface area contributed by atoms with Crippen LogP contribution in [0, 0.1) is 10.1 Å². The topological polar surface area (TPSA) is 237 Å². The lowest BCUT2D eigenvalue weighted by atomic mass is 10.0. The average Bonchev–Trinajstić information content (AvgIpc) is 3.33. The highest BCUT2D eigenvalue weighted by atomic mass is 16.6. The van der Waals surface area contributed by atoms with Gasteiger partial charge in [0, 0.05) is 34.9 Å². The highest BCUT2D eigenvalue weighted by Gasteiger charge is 2.26. The van der Waals surface area contributed by atoms with Crippen LogP contribution in [0.15, 0.2) is 65.8 Å². The van der Waals surface area contributed by atoms with Crippen molar-refractivity contribution in [3.63, 3.8) is 0 Å². The summed E-state index contributed by atoms with van der Waals surface area (Å²) in [7, 11) is 0. The van der Waals surface area contributed by atoms with Gasteiger partial charge < -0.3 is 27.5 Å². The van der Waals surface area contributed by atoms with Crippen molar-refractivity contribution in [3.05, 3.63) is 82.0 Å². The molecule has 1 unspecified atom stereocenters. The Balaban J connectivity index is 1.65. The van der Waals surface area contributed by atoms with E-state index in [4.69, 9.17) is 17.2 Å². The SMILES string of the molecule is NC(=O)C(Cc1c[nH]c2ccccc12)NC(=O)[C@H](CCC[N+](=O)[O-])N=C(N)NNC(=O)[C@H](N)Cc1ccccc1. The number of aromatic nitrogens is 1. The highest BCUT2D eigenvalue weighted by Crippen LogP contribution is 2.19. The van der Waals surface area contributed by atoms with Crippen LogP contribution < -0.4 is 33.4 Å². The Hall–Kier alpha value is -4.98. The molecule has 0 saturated heterocycles. The zero-order valence-electron chi connectivity index (χ0n) is 21.7. The van der Waals surface area contributed by atoms with Gasteiger partial charge in [0.05, 0.1) is 6.04 Å². The lowest BCUT2D eigenvalue weighted by Crippen LogP contribution is -2.53. The summed E-state index contributed by atoms with van der Waals surface area (Å²) in [6.45, 7) is -0.397. The van der Waals surface area contributed by atoms with Gasteiger partial charge in [0.2, 0.25) is 24.3 Å². The summed E-state index contributed by atoms with van der Waals surface area (Å²) >= 11 is 0. The van der Waals surface area contributed by atoms with Crippen LogP contribution in [-0.4, -0.2) is 58.3 Å². The molecule has 212 valence electrons. The third kappa shape index (κ3) is 8.80. The first-order valence-electron chi connectivity index (χ1n) is 12.6. The largest absolute Gasteiger partial charge is 0.369 e. The Kier molecular flexibility index (Phi) is 10.5. The first-order valence-corrected chi connectivity index (χ1v) is 12.6. The van der Waals surface area contributed by atoms with Crippen LogP contribution >= 0.6 is 0 Å². The second-order valence-electron chi connectivity index (χ2n) is 9.17. The number of nitrogens with two attached hydrogens (primary N) is 3. The third-order valence-electron chi connectivity index (χ3n) is 6.12. The fraction of sp³-hybridized carbons (Fsp3) is 0.308. The van der Waals surface area contributed by atoms with E-state index in [1.54, 1.807) is 6.20 Å². The van der Waals surface area contributed by atoms with E-state index in [1.807, 2.05) is 54.6 Å². The number of nitro groups is 1. The summed E-state index contributed by atoms with van der Waals surface area (Å²) in [5.74, 6) is -2.36. The van der Waals surface area contributed by atoms with Crippen molar-refractivity contribution in [2.45, 2.75) is 43.8 Å². The molecule has 0 fully saturated rings. The number of guanidine groups is 1. The van der Waals surface area contributed by atoms with E-state index < -0.39 is 47.3 Å². The number of hydrazine groups is 1. The molecule has 0 radical (unpaired) electrons. The minimum absolute atomic E-state index is 0.0138. The van der Waals surface area contributed by atoms with E-state index in [1.165, 1.54) is 0 Å². The molecule has 3 aromatic rings. The molecule has 0 aliphatic heterocycles. The van der Waals surface area contributed by atoms with E-state index in [2.05, 4.69) is 26.1 Å². The standard InChI is InChI=1S/C26H33N9O5/c27-19(13-16-7-2-1-3-8-16)24(37)33-34-26(29)32-21(11-6-12-35(39)40)25(38)31-22(23(28)36)14-17-15-30-20-10-5-4-9-18(17)20/h1-5,7-10,15,19,21-22,30H,6,11-14,27H2,(H2,28,36)(H,31,38)(H,33,37)(H3,29,32,34)/t19-,21+,22?/m1/s1. The fourth-order valence-corrected chi connectivity index (χ4v) is 4.06. The van der Waals surface area contributed by atoms with Gasteiger partial charge in [0.25, 0.3) is 5.91 Å². The maximum absolute atomic E-state index is 13.1. The molecular formula is C26H33N9O5. The first-order chi connectivity index (χ1) is 19.1. The lowest BCUT2D eigenvalue weighted by molar-refractivity contribution is -0.480. The molecule has 1 heterocycles. The molecular weight excluding hydrogens is 518 g/mol. The number of amides is 3. The number of primary amides is 1. The predicted octanol–water partition coefficient (Wildman–Crippen LogP) is -0.388. The van der Waals surface area contributed by atoms with Crippen molar-refractivity contribution in [3.8, 4) is 0 Å². The Labute approximate surface area is 229 Å². The van der Waals surface area contributed by atoms with Gasteiger partial charge in [-0.25, -0.2) is 4.99 Å². The van der Waals surface area contributed by atoms with Crippen molar-refractivity contribution < 1.29 is 19.3 Å². The van der Waals surface area contributed by atoms with Gasteiger partial charge in [-0.15, -0.1) is 0 Å². The number of H-pyrrole nitrogens is 1. The third-order valence-corrected chi connectivity index (χ3v) is 6.12. The summed E-state index contributed by atoms with van der Waals surface area (Å²) in [5.41, 5.74) is 24.6. The lowest BCUT2D eigenvalue weighted by Gasteiger charge is -2.19. The average molecular weight is 552 g/mol. The Bertz CT molecular complexity index is 1360. The summed E-state index contributed by atoms with van der Waals surface area (Å²) in [5, 5.41) is 14.3. The molecule has 0 spiro atoms. The van der Waals surface area contributed by atoms with Crippen molar-refractivity contribution in [1.29, 1.82) is 0 Å². The van der Waals surface area contributed by atoms with Crippen LogP contribution in [0.25, 0.3) is 10.9 Å². The number of hydrogen-bond donors (Lipinski definition) is 7. The molecule has 2 aromatic carbocycles. The number of hydrogen-bond acceptors (Lipinski definition) is 7. The van der Waals surface area contributed by atoms with Crippen molar-refractivity contribution in [2.24, 2.45) is 22.2 Å². The van der Waals surface area contributed by atoms with E-state index in [9.17, 15) is 24.5 Å². The fourth-order valence-electron chi connectivity index (χ4n) is 4.06. The van der Waals surface area contributed by atoms with Crippen LogP contribution in [0.4, 0.5) is 0 Å². The number of para-hydroxylation sites is 1. The second-order valence-corrected chi connectivity index (χ2v) is 9.17. The van der Waals surface area contributed by atoms with Gasteiger partial charge >= 0.3 is 0 Å². The number of rotatable bonds is 13. The number of nitrogens with zero attached hydrogens (tertiary/aromatic N) is 2. The van der Waals surface area contributed by atoms with Crippen LogP contribution in [0.3, 0.4) is 0 Å². The quantitative estimate of drug-likeness (QED) is 0.0637. The van der Waals surface area contributed by atoms with Gasteiger partial charge in [-0.1, -0.05) is 48.5 Å². The molecule has 0 bridgehead atoms. The Morgan fingerprint density at radius 1 is 0.975 bits per heavy atom. The molecule has 10 N–H and O–H groups in total. The minimum atomic E-state index is -1.20. The van der Waals surface area contributed by atoms with Gasteiger partial charge in [-0.2, -0.15) is 0 Å². The molecule has 40 heavy (non-hydrogen) atoms. The second kappa shape index (κ2) is 14.2. The molecule has 0 aliphatic rings. The summed E-state index contributed by atoms with van der Waals surface area (Å²) in [4.78, 5) is 55.1. The highest BCUT2D eigenvalue weighted by molar-refractivity contribution is 5.92. The van der Waals surface area contributed by atoms with E-state index >= 15 is 0 Å². The van der Waals surface area contributed by atoms with E-state index in [0.717, 1.165) is 22.0 Å². The first kappa shape index (κ1) is 29.6. The summed E-state index contributed by atoms with van der Waals surface area (Å²) < 4.78 is 0. The Morgan fingerprint density at radius 3 is 2.38 bits per heavy atom. The monoisotopic (exact) mass is 551 g/mol. The van der Waals surface area contributed by atoms with Crippen molar-refractivity contribution in [1.82, 2.24) is 21.2 Å². The molecule has 0 aliphatic carbocycles.